The Balaban J connectivity index is 0.993. The highest BCUT2D eigenvalue weighted by atomic mass is 16.8. The van der Waals surface area contributed by atoms with Gasteiger partial charge in [0.2, 0.25) is 0 Å². The lowest BCUT2D eigenvalue weighted by molar-refractivity contribution is -0.354. The number of aliphatic hydroxyl groups is 5. The van der Waals surface area contributed by atoms with Crippen molar-refractivity contribution in [3.05, 3.63) is 54.1 Å². The number of hydrogen-bond acceptors (Lipinski definition) is 18. The molecule has 18 heteroatoms. The molecule has 1 aromatic rings. The molecule has 3 aliphatic heterocycles. The van der Waals surface area contributed by atoms with E-state index in [-0.39, 0.29) is 49.5 Å². The summed E-state index contributed by atoms with van der Waals surface area (Å²) in [6.07, 6.45) is -6.74. The van der Waals surface area contributed by atoms with Gasteiger partial charge in [0.25, 0.3) is 0 Å². The van der Waals surface area contributed by atoms with E-state index in [2.05, 4.69) is 0 Å². The highest BCUT2D eigenvalue weighted by Gasteiger charge is 2.62. The van der Waals surface area contributed by atoms with E-state index in [1.165, 1.54) is 32.3 Å². The summed E-state index contributed by atoms with van der Waals surface area (Å²) in [4.78, 5) is 54.2. The number of allylic oxidation sites excluding steroid dienone is 1. The normalized spacial score (nSPS) is 43.6. The van der Waals surface area contributed by atoms with Crippen LogP contribution in [0.5, 0.6) is 0 Å². The summed E-state index contributed by atoms with van der Waals surface area (Å²) in [6.45, 7) is 7.89. The Labute approximate surface area is 397 Å². The zero-order valence-electron chi connectivity index (χ0n) is 39.9. The van der Waals surface area contributed by atoms with E-state index >= 15 is 0 Å². The van der Waals surface area contributed by atoms with Crippen LogP contribution in [0.4, 0.5) is 0 Å². The van der Waals surface area contributed by atoms with Crippen molar-refractivity contribution in [2.24, 2.45) is 22.7 Å². The van der Waals surface area contributed by atoms with Gasteiger partial charge >= 0.3 is 5.97 Å². The highest BCUT2D eigenvalue weighted by Crippen LogP contribution is 2.57. The van der Waals surface area contributed by atoms with Crippen LogP contribution in [-0.2, 0) is 61.8 Å². The van der Waals surface area contributed by atoms with Crippen molar-refractivity contribution in [2.45, 2.75) is 184 Å². The molecule has 3 saturated heterocycles. The third kappa shape index (κ3) is 10.5. The van der Waals surface area contributed by atoms with Crippen molar-refractivity contribution >= 4 is 29.4 Å². The van der Waals surface area contributed by atoms with Gasteiger partial charge in [-0.3, -0.25) is 14.4 Å². The molecule has 5 N–H and O–H groups in total. The van der Waals surface area contributed by atoms with Crippen molar-refractivity contribution in [2.75, 3.05) is 20.8 Å². The van der Waals surface area contributed by atoms with Gasteiger partial charge in [0.1, 0.15) is 54.3 Å². The molecule has 0 amide bonds. The van der Waals surface area contributed by atoms with Gasteiger partial charge < -0.3 is 68.2 Å². The number of Topliss-reactive ketones (excluding diaryl/α,β-unsaturated/α-hetero) is 2. The summed E-state index contributed by atoms with van der Waals surface area (Å²) in [5.41, 5.74) is -3.22. The quantitative estimate of drug-likeness (QED) is 0.118. The second-order valence-corrected chi connectivity index (χ2v) is 19.9. The maximum atomic E-state index is 14.0. The third-order valence-corrected chi connectivity index (χ3v) is 15.9. The molecule has 378 valence electrons. The average Bonchev–Trinajstić information content (AvgIpc) is 3.62. The monoisotopic (exact) mass is 958 g/mol. The van der Waals surface area contributed by atoms with Gasteiger partial charge in [-0.2, -0.15) is 0 Å². The van der Waals surface area contributed by atoms with Gasteiger partial charge in [0.15, 0.2) is 24.7 Å². The number of hydrogen-bond donors (Lipinski definition) is 5. The molecule has 3 heterocycles. The van der Waals surface area contributed by atoms with Crippen LogP contribution in [-0.4, -0.2) is 167 Å². The number of ketones is 3. The van der Waals surface area contributed by atoms with E-state index in [1.54, 1.807) is 27.0 Å². The minimum absolute atomic E-state index is 0.0782. The van der Waals surface area contributed by atoms with Gasteiger partial charge in [-0.15, -0.1) is 0 Å². The predicted molar refractivity (Wildman–Crippen MR) is 239 cm³/mol. The van der Waals surface area contributed by atoms with Crippen LogP contribution in [0.2, 0.25) is 0 Å². The summed E-state index contributed by atoms with van der Waals surface area (Å²) >= 11 is 0. The topological polar surface area (TPSA) is 252 Å². The Morgan fingerprint density at radius 2 is 1.50 bits per heavy atom. The number of carbonyl (C=O) groups excluding carboxylic acids is 4. The molecule has 20 atom stereocenters. The van der Waals surface area contributed by atoms with Gasteiger partial charge in [-0.05, 0) is 77.2 Å². The van der Waals surface area contributed by atoms with E-state index in [4.69, 9.17) is 42.6 Å². The summed E-state index contributed by atoms with van der Waals surface area (Å²) < 4.78 is 55.1. The Kier molecular flexibility index (Phi) is 16.6. The summed E-state index contributed by atoms with van der Waals surface area (Å²) in [5, 5.41) is 53.3. The SMILES string of the molecule is CO[C@H]1C[C@H](O[C@H]2CC[C@]3(C)[C@@H](C[C@@H](OC(=O)/C=C/c4ccccc4)[C@@]4(C)C(=O)CC[C@@H]4C(C)=O)C(=O)C=C[C@]3(O)C2)O[C@H](C)[C@H]1O[C@H]1C[C@H](OC)[C@H](O[C@@H]2O[C@H](CO)[C@@H](O)[C@H](O)[C@H]2O)[C@@H](C)O1. The highest BCUT2D eigenvalue weighted by molar-refractivity contribution is 5.97. The fourth-order valence-electron chi connectivity index (χ4n) is 11.6. The lowest BCUT2D eigenvalue weighted by Crippen LogP contribution is -2.62. The Hall–Kier alpha value is -3.34. The largest absolute Gasteiger partial charge is 0.458 e. The van der Waals surface area contributed by atoms with Crippen LogP contribution in [0.3, 0.4) is 0 Å². The fourth-order valence-corrected chi connectivity index (χ4v) is 11.6. The second-order valence-electron chi connectivity index (χ2n) is 19.9. The zero-order chi connectivity index (χ0) is 49.3. The van der Waals surface area contributed by atoms with Crippen LogP contribution in [0.25, 0.3) is 6.08 Å². The Bertz CT molecular complexity index is 1990. The minimum atomic E-state index is -1.61. The van der Waals surface area contributed by atoms with Crippen LogP contribution >= 0.6 is 0 Å². The molecule has 2 saturated carbocycles. The van der Waals surface area contributed by atoms with Crippen molar-refractivity contribution in [3.8, 4) is 0 Å². The van der Waals surface area contributed by atoms with Crippen LogP contribution in [0, 0.1) is 22.7 Å². The molecule has 5 fully saturated rings. The number of fused-ring (bicyclic) bond motifs is 1. The van der Waals surface area contributed by atoms with Crippen molar-refractivity contribution < 1.29 is 87.3 Å². The lowest BCUT2D eigenvalue weighted by Gasteiger charge is -2.55. The van der Waals surface area contributed by atoms with Gasteiger partial charge in [-0.25, -0.2) is 4.79 Å². The first-order valence-corrected chi connectivity index (χ1v) is 23.8. The third-order valence-electron chi connectivity index (χ3n) is 15.9. The first kappa shape index (κ1) is 52.5. The Morgan fingerprint density at radius 3 is 2.12 bits per heavy atom. The molecular weight excluding hydrogens is 889 g/mol. The van der Waals surface area contributed by atoms with Crippen molar-refractivity contribution in [1.29, 1.82) is 0 Å². The average molecular weight is 959 g/mol. The molecule has 1 aromatic carbocycles. The maximum absolute atomic E-state index is 14.0. The zero-order valence-corrected chi connectivity index (χ0v) is 39.9. The number of carbonyl (C=O) groups is 4. The minimum Gasteiger partial charge on any atom is -0.458 e. The summed E-state index contributed by atoms with van der Waals surface area (Å²) in [5.74, 6) is -2.97. The fraction of sp³-hybridized carbons (Fsp3) is 0.720. The summed E-state index contributed by atoms with van der Waals surface area (Å²) in [7, 11) is 3.05. The molecule has 7 rings (SSSR count). The molecule has 0 spiro atoms. The van der Waals surface area contributed by atoms with Gasteiger partial charge in [0.05, 0.1) is 48.1 Å². The number of methoxy groups -OCH3 is 2. The number of rotatable bonds is 16. The number of esters is 1. The summed E-state index contributed by atoms with van der Waals surface area (Å²) in [6, 6.07) is 9.17. The van der Waals surface area contributed by atoms with Gasteiger partial charge in [0, 0.05) is 63.2 Å². The predicted octanol–water partition coefficient (Wildman–Crippen LogP) is 2.51. The smallest absolute Gasteiger partial charge is 0.331 e. The Morgan fingerprint density at radius 1 is 0.868 bits per heavy atom. The first-order valence-electron chi connectivity index (χ1n) is 23.8. The molecule has 0 unspecified atom stereocenters. The van der Waals surface area contributed by atoms with Crippen molar-refractivity contribution in [1.82, 2.24) is 0 Å². The van der Waals surface area contributed by atoms with E-state index in [0.717, 1.165) is 5.56 Å². The van der Waals surface area contributed by atoms with E-state index in [0.29, 0.717) is 19.3 Å². The number of aliphatic hydroxyl groups excluding tert-OH is 4. The van der Waals surface area contributed by atoms with Crippen LogP contribution in [0.15, 0.2) is 48.6 Å². The second kappa shape index (κ2) is 21.6. The van der Waals surface area contributed by atoms with Crippen LogP contribution in [0.1, 0.15) is 91.5 Å². The number of ether oxygens (including phenoxy) is 9. The van der Waals surface area contributed by atoms with Crippen LogP contribution < -0.4 is 0 Å². The standard InChI is InChI=1S/C50H70O18/c1-26(52)31-14-15-37(54)49(31,5)38(66-39(55)16-13-29-11-9-8-10-12-29)21-32-33(53)18-20-50(59)24-30(17-19-48(32,50)4)64-40-22-34(60-6)45(27(2)62-40)67-41-23-35(61-7)46(28(3)63-41)68-47-44(58)43(57)42(56)36(25-51)65-47/h8-13,16,18,20,27-28,30-32,34-36,38,40-47,51,56-59H,14-15,17,19,21-25H2,1-7H3/b16-13+/t27-,28-,30+,31-,32+,34+,35+,36-,38-,40+,41+,42-,43+,44-,45-,46-,47+,48-,49-,50+/m1/s1. The number of benzene rings is 1. The first-order chi connectivity index (χ1) is 32.3. The molecule has 6 aliphatic rings. The molecule has 0 aromatic heterocycles. The molecule has 0 radical (unpaired) electrons. The van der Waals surface area contributed by atoms with E-state index in [9.17, 15) is 44.7 Å². The lowest BCUT2D eigenvalue weighted by atomic mass is 9.52. The van der Waals surface area contributed by atoms with E-state index in [1.807, 2.05) is 44.2 Å². The van der Waals surface area contributed by atoms with Crippen molar-refractivity contribution in [3.63, 3.8) is 0 Å². The molecule has 3 aliphatic carbocycles. The molecular formula is C50H70O18. The van der Waals surface area contributed by atoms with Gasteiger partial charge in [-0.1, -0.05) is 37.3 Å². The molecule has 68 heavy (non-hydrogen) atoms. The molecule has 0 bridgehead atoms. The van der Waals surface area contributed by atoms with E-state index < -0.39 is 133 Å². The molecule has 18 nitrogen and oxygen atoms in total. The maximum Gasteiger partial charge on any atom is 0.331 e.